The maximum Gasteiger partial charge on any atom is 0.160 e. The molecule has 1 saturated heterocycles. The number of fused-ring (bicyclic) bond motifs is 1. The molecule has 3 aromatic carbocycles. The van der Waals surface area contributed by atoms with Gasteiger partial charge < -0.3 is 14.2 Å². The zero-order chi connectivity index (χ0) is 24.0. The zero-order valence-corrected chi connectivity index (χ0v) is 21.7. The summed E-state index contributed by atoms with van der Waals surface area (Å²) in [5.41, 5.74) is 1.14. The summed E-state index contributed by atoms with van der Waals surface area (Å²) in [7, 11) is 0. The third-order valence-corrected chi connectivity index (χ3v) is 7.78. The number of halogens is 2. The first-order valence-electron chi connectivity index (χ1n) is 11.8. The lowest BCUT2D eigenvalue weighted by molar-refractivity contribution is 0.198. The van der Waals surface area contributed by atoms with E-state index in [1.54, 1.807) is 11.3 Å². The Hall–Kier alpha value is -2.61. The molecule has 0 unspecified atom stereocenters. The number of thiophene rings is 1. The van der Waals surface area contributed by atoms with Crippen LogP contribution in [0.4, 0.5) is 4.39 Å². The first-order chi connectivity index (χ1) is 17.2. The van der Waals surface area contributed by atoms with Gasteiger partial charge in [-0.1, -0.05) is 30.3 Å². The van der Waals surface area contributed by atoms with Crippen LogP contribution in [0.5, 0.6) is 23.0 Å². The molecule has 1 aliphatic rings. The van der Waals surface area contributed by atoms with Gasteiger partial charge in [-0.3, -0.25) is 9.29 Å². The quantitative estimate of drug-likeness (QED) is 0.199. The lowest BCUT2D eigenvalue weighted by Gasteiger charge is -2.16. The van der Waals surface area contributed by atoms with Crippen LogP contribution in [0.15, 0.2) is 76.6 Å². The van der Waals surface area contributed by atoms with Crippen LogP contribution in [-0.2, 0) is 6.61 Å². The number of hydrogen-bond donors (Lipinski definition) is 0. The Morgan fingerprint density at radius 3 is 2.54 bits per heavy atom. The van der Waals surface area contributed by atoms with Gasteiger partial charge in [0.15, 0.2) is 5.75 Å². The molecule has 182 valence electrons. The van der Waals surface area contributed by atoms with Crippen LogP contribution < -0.4 is 14.2 Å². The van der Waals surface area contributed by atoms with Crippen LogP contribution in [0, 0.1) is 0 Å². The predicted octanol–water partition coefficient (Wildman–Crippen LogP) is 7.85. The molecular weight excluding hydrogens is 529 g/mol. The Morgan fingerprint density at radius 2 is 1.74 bits per heavy atom. The van der Waals surface area contributed by atoms with Crippen LogP contribution in [-0.4, -0.2) is 37.3 Å². The van der Waals surface area contributed by atoms with Gasteiger partial charge in [0.05, 0.1) is 6.67 Å². The number of ether oxygens (including phenoxy) is 3. The molecule has 1 fully saturated rings. The van der Waals surface area contributed by atoms with E-state index in [0.29, 0.717) is 13.0 Å². The van der Waals surface area contributed by atoms with Crippen molar-refractivity contribution in [2.24, 2.45) is 0 Å². The van der Waals surface area contributed by atoms with Gasteiger partial charge in [-0.15, -0.1) is 11.3 Å². The monoisotopic (exact) mass is 555 g/mol. The lowest BCUT2D eigenvalue weighted by atomic mass is 10.2. The van der Waals surface area contributed by atoms with E-state index in [1.165, 1.54) is 0 Å². The minimum atomic E-state index is -0.262. The molecular formula is C28H27BrFNO3S. The second-order valence-electron chi connectivity index (χ2n) is 8.58. The van der Waals surface area contributed by atoms with Crippen molar-refractivity contribution in [2.45, 2.75) is 25.6 Å². The van der Waals surface area contributed by atoms with Gasteiger partial charge >= 0.3 is 0 Å². The van der Waals surface area contributed by atoms with Crippen LogP contribution in [0.2, 0.25) is 0 Å². The minimum Gasteiger partial charge on any atom is -0.489 e. The highest BCUT2D eigenvalue weighted by molar-refractivity contribution is 9.11. The normalized spacial score (nSPS) is 16.0. The number of alkyl halides is 1. The summed E-state index contributed by atoms with van der Waals surface area (Å²) in [6.45, 7) is 2.88. The van der Waals surface area contributed by atoms with E-state index in [-0.39, 0.29) is 12.8 Å². The highest BCUT2D eigenvalue weighted by Crippen LogP contribution is 2.45. The van der Waals surface area contributed by atoms with Crippen LogP contribution in [0.1, 0.15) is 18.4 Å². The molecule has 2 heterocycles. The fourth-order valence-electron chi connectivity index (χ4n) is 4.23. The smallest absolute Gasteiger partial charge is 0.160 e. The second-order valence-corrected chi connectivity index (χ2v) is 11.0. The molecule has 0 radical (unpaired) electrons. The van der Waals surface area contributed by atoms with E-state index in [2.05, 4.69) is 39.0 Å². The first-order valence-corrected chi connectivity index (χ1v) is 13.4. The molecule has 0 N–H and O–H groups in total. The number of likely N-dealkylation sites (tertiary alicyclic amines) is 1. The standard InChI is InChI=1S/C28H27BrFNO3S/c29-28-27(25-12-11-23(17-26(25)35-28)32-19-20-5-2-1-3-6-20)34-22-9-7-21(8-10-22)33-24-13-16-31(18-24)15-4-14-30/h1-3,5-12,17,24H,4,13-16,18-19H2/t24-/m0/s1. The number of hydrogen-bond acceptors (Lipinski definition) is 5. The zero-order valence-electron chi connectivity index (χ0n) is 19.3. The average Bonchev–Trinajstić information content (AvgIpc) is 3.46. The van der Waals surface area contributed by atoms with Gasteiger partial charge in [0.2, 0.25) is 0 Å². The van der Waals surface area contributed by atoms with Crippen molar-refractivity contribution >= 4 is 37.4 Å². The van der Waals surface area contributed by atoms with Crippen molar-refractivity contribution < 1.29 is 18.6 Å². The van der Waals surface area contributed by atoms with Gasteiger partial charge in [-0.25, -0.2) is 0 Å². The molecule has 0 amide bonds. The summed E-state index contributed by atoms with van der Waals surface area (Å²) in [5, 5.41) is 1.04. The fourth-order valence-corrected chi connectivity index (χ4v) is 5.93. The SMILES string of the molecule is FCCCN1CC[C@H](Oc2ccc(Oc3c(Br)sc4cc(OCc5ccccc5)ccc34)cc2)C1. The summed E-state index contributed by atoms with van der Waals surface area (Å²) >= 11 is 5.29. The first kappa shape index (κ1) is 24.1. The van der Waals surface area contributed by atoms with E-state index in [0.717, 1.165) is 68.5 Å². The van der Waals surface area contributed by atoms with Crippen LogP contribution in [0.3, 0.4) is 0 Å². The molecule has 1 aliphatic heterocycles. The Bertz CT molecular complexity index is 1250. The van der Waals surface area contributed by atoms with Gasteiger partial charge in [0.1, 0.15) is 33.7 Å². The van der Waals surface area contributed by atoms with E-state index in [9.17, 15) is 4.39 Å². The molecule has 1 atom stereocenters. The van der Waals surface area contributed by atoms with Crippen molar-refractivity contribution in [3.8, 4) is 23.0 Å². The molecule has 35 heavy (non-hydrogen) atoms. The Balaban J connectivity index is 1.21. The lowest BCUT2D eigenvalue weighted by Crippen LogP contribution is -2.26. The molecule has 4 nitrogen and oxygen atoms in total. The molecule has 0 spiro atoms. The van der Waals surface area contributed by atoms with E-state index in [1.807, 2.05) is 54.6 Å². The van der Waals surface area contributed by atoms with Crippen molar-refractivity contribution in [1.29, 1.82) is 0 Å². The van der Waals surface area contributed by atoms with Crippen LogP contribution >= 0.6 is 27.3 Å². The van der Waals surface area contributed by atoms with E-state index < -0.39 is 0 Å². The maximum atomic E-state index is 12.4. The third-order valence-electron chi connectivity index (χ3n) is 6.01. The van der Waals surface area contributed by atoms with Gasteiger partial charge in [-0.2, -0.15) is 0 Å². The van der Waals surface area contributed by atoms with Crippen molar-refractivity contribution in [3.63, 3.8) is 0 Å². The summed E-state index contributed by atoms with van der Waals surface area (Å²) in [6.07, 6.45) is 1.71. The molecule has 4 aromatic rings. The fraction of sp³-hybridized carbons (Fsp3) is 0.286. The van der Waals surface area contributed by atoms with Gasteiger partial charge in [0, 0.05) is 29.7 Å². The molecule has 0 bridgehead atoms. The molecule has 1 aromatic heterocycles. The third kappa shape index (κ3) is 6.15. The average molecular weight is 556 g/mol. The van der Waals surface area contributed by atoms with Crippen LogP contribution in [0.25, 0.3) is 10.1 Å². The second kappa shape index (κ2) is 11.4. The number of nitrogens with zero attached hydrogens (tertiary/aromatic N) is 1. The topological polar surface area (TPSA) is 30.9 Å². The Labute approximate surface area is 217 Å². The number of rotatable bonds is 10. The van der Waals surface area contributed by atoms with Crippen molar-refractivity contribution in [3.05, 3.63) is 82.1 Å². The Kier molecular flexibility index (Phi) is 7.86. The molecule has 0 saturated carbocycles. The summed E-state index contributed by atoms with van der Waals surface area (Å²) in [4.78, 5) is 2.26. The maximum absolute atomic E-state index is 12.4. The van der Waals surface area contributed by atoms with E-state index >= 15 is 0 Å². The minimum absolute atomic E-state index is 0.148. The number of benzene rings is 3. The predicted molar refractivity (Wildman–Crippen MR) is 143 cm³/mol. The summed E-state index contributed by atoms with van der Waals surface area (Å²) in [5.74, 6) is 3.20. The van der Waals surface area contributed by atoms with Gasteiger partial charge in [0.25, 0.3) is 0 Å². The largest absolute Gasteiger partial charge is 0.489 e. The van der Waals surface area contributed by atoms with E-state index in [4.69, 9.17) is 14.2 Å². The Morgan fingerprint density at radius 1 is 0.971 bits per heavy atom. The molecule has 5 rings (SSSR count). The summed E-state index contributed by atoms with van der Waals surface area (Å²) in [6, 6.07) is 24.0. The highest BCUT2D eigenvalue weighted by atomic mass is 79.9. The van der Waals surface area contributed by atoms with Crippen molar-refractivity contribution in [1.82, 2.24) is 4.90 Å². The van der Waals surface area contributed by atoms with Crippen molar-refractivity contribution in [2.75, 3.05) is 26.3 Å². The highest BCUT2D eigenvalue weighted by Gasteiger charge is 2.23. The molecule has 0 aliphatic carbocycles. The van der Waals surface area contributed by atoms with Gasteiger partial charge in [-0.05, 0) is 76.8 Å². The molecule has 7 heteroatoms. The summed E-state index contributed by atoms with van der Waals surface area (Å²) < 4.78 is 32.8.